The Hall–Kier alpha value is -2.00. The first-order chi connectivity index (χ1) is 12.8. The average Bonchev–Trinajstić information content (AvgIpc) is 2.90. The fourth-order valence-electron chi connectivity index (χ4n) is 2.44. The number of ether oxygens (including phenoxy) is 3. The number of benzene rings is 1. The smallest absolute Gasteiger partial charge is 0.329 e. The van der Waals surface area contributed by atoms with Gasteiger partial charge in [0, 0.05) is 0 Å². The number of imide groups is 1. The van der Waals surface area contributed by atoms with Crippen molar-refractivity contribution in [3.8, 4) is 11.5 Å². The van der Waals surface area contributed by atoms with Crippen LogP contribution in [0.1, 0.15) is 26.3 Å². The van der Waals surface area contributed by atoms with E-state index in [0.29, 0.717) is 28.1 Å². The van der Waals surface area contributed by atoms with Crippen LogP contribution in [-0.4, -0.2) is 48.4 Å². The lowest BCUT2D eigenvalue weighted by Gasteiger charge is -2.19. The molecule has 1 aliphatic rings. The molecule has 7 nitrogen and oxygen atoms in total. The van der Waals surface area contributed by atoms with E-state index < -0.39 is 23.2 Å². The Morgan fingerprint density at radius 1 is 1.30 bits per heavy atom. The zero-order valence-corrected chi connectivity index (χ0v) is 17.8. The molecule has 146 valence electrons. The molecule has 1 aromatic rings. The highest BCUT2D eigenvalue weighted by molar-refractivity contribution is 9.10. The van der Waals surface area contributed by atoms with Crippen LogP contribution < -0.4 is 9.47 Å². The van der Waals surface area contributed by atoms with E-state index in [1.165, 1.54) is 14.0 Å². The third-order valence-electron chi connectivity index (χ3n) is 3.68. The highest BCUT2D eigenvalue weighted by Gasteiger charge is 2.41. The molecule has 9 heteroatoms. The van der Waals surface area contributed by atoms with Crippen molar-refractivity contribution in [3.63, 3.8) is 0 Å². The molecular weight excluding hydrogens is 438 g/mol. The number of carbonyl (C=O) groups is 3. The highest BCUT2D eigenvalue weighted by atomic mass is 79.9. The standard InChI is InChI=1S/C18H20BrNO6S/c1-5-25-15-12(19)7-11(8-13(15)24-4)9-14-16(21)20(18(23)27-14)10(3)17(22)26-6-2/h7-10H,5-6H2,1-4H3/b14-9-/t10-/m1/s1. The van der Waals surface area contributed by atoms with E-state index in [4.69, 9.17) is 14.2 Å². The molecule has 0 aromatic heterocycles. The molecule has 1 saturated heterocycles. The van der Waals surface area contributed by atoms with E-state index in [1.54, 1.807) is 25.1 Å². The zero-order chi connectivity index (χ0) is 20.1. The fraction of sp³-hybridized carbons (Fsp3) is 0.389. The van der Waals surface area contributed by atoms with Gasteiger partial charge in [-0.3, -0.25) is 14.5 Å². The van der Waals surface area contributed by atoms with E-state index >= 15 is 0 Å². The second-order valence-corrected chi connectivity index (χ2v) is 7.29. The summed E-state index contributed by atoms with van der Waals surface area (Å²) in [5.41, 5.74) is 0.650. The molecule has 0 radical (unpaired) electrons. The van der Waals surface area contributed by atoms with E-state index in [2.05, 4.69) is 15.9 Å². The number of nitrogens with zero attached hydrogens (tertiary/aromatic N) is 1. The minimum Gasteiger partial charge on any atom is -0.493 e. The summed E-state index contributed by atoms with van der Waals surface area (Å²) in [6, 6.07) is 2.49. The number of amides is 2. The Morgan fingerprint density at radius 3 is 2.59 bits per heavy atom. The topological polar surface area (TPSA) is 82.1 Å². The fourth-order valence-corrected chi connectivity index (χ4v) is 3.92. The Balaban J connectivity index is 2.32. The van der Waals surface area contributed by atoms with Gasteiger partial charge in [-0.2, -0.15) is 0 Å². The predicted octanol–water partition coefficient (Wildman–Crippen LogP) is 3.84. The molecule has 27 heavy (non-hydrogen) atoms. The van der Waals surface area contributed by atoms with Crippen molar-refractivity contribution in [2.24, 2.45) is 0 Å². The molecule has 0 spiro atoms. The molecule has 0 N–H and O–H groups in total. The number of hydrogen-bond acceptors (Lipinski definition) is 7. The summed E-state index contributed by atoms with van der Waals surface area (Å²) in [5, 5.41) is -0.510. The summed E-state index contributed by atoms with van der Waals surface area (Å²) < 4.78 is 16.4. The van der Waals surface area contributed by atoms with Gasteiger partial charge in [0.15, 0.2) is 11.5 Å². The molecule has 0 unspecified atom stereocenters. The van der Waals surface area contributed by atoms with Crippen molar-refractivity contribution in [1.29, 1.82) is 0 Å². The van der Waals surface area contributed by atoms with Crippen molar-refractivity contribution in [2.45, 2.75) is 26.8 Å². The van der Waals surface area contributed by atoms with Crippen LogP contribution >= 0.6 is 27.7 Å². The third-order valence-corrected chi connectivity index (χ3v) is 5.15. The minimum atomic E-state index is -0.982. The molecule has 1 heterocycles. The number of thioether (sulfide) groups is 1. The van der Waals surface area contributed by atoms with Crippen LogP contribution in [-0.2, 0) is 14.3 Å². The van der Waals surface area contributed by atoms with Gasteiger partial charge in [-0.15, -0.1) is 0 Å². The van der Waals surface area contributed by atoms with Gasteiger partial charge < -0.3 is 14.2 Å². The van der Waals surface area contributed by atoms with Gasteiger partial charge in [0.1, 0.15) is 6.04 Å². The Labute approximate surface area is 170 Å². The summed E-state index contributed by atoms with van der Waals surface area (Å²) in [5.74, 6) is -0.0983. The van der Waals surface area contributed by atoms with Crippen LogP contribution in [0.2, 0.25) is 0 Å². The van der Waals surface area contributed by atoms with Crippen LogP contribution in [0.15, 0.2) is 21.5 Å². The second-order valence-electron chi connectivity index (χ2n) is 5.45. The lowest BCUT2D eigenvalue weighted by atomic mass is 10.1. The van der Waals surface area contributed by atoms with E-state index in [0.717, 1.165) is 16.7 Å². The quantitative estimate of drug-likeness (QED) is 0.454. The molecular formula is C18H20BrNO6S. The maximum Gasteiger partial charge on any atom is 0.329 e. The average molecular weight is 458 g/mol. The summed E-state index contributed by atoms with van der Waals surface area (Å²) in [6.45, 7) is 5.64. The van der Waals surface area contributed by atoms with Crippen LogP contribution in [0.5, 0.6) is 11.5 Å². The van der Waals surface area contributed by atoms with Gasteiger partial charge in [0.2, 0.25) is 0 Å². The maximum absolute atomic E-state index is 12.6. The second kappa shape index (κ2) is 9.27. The minimum absolute atomic E-state index is 0.176. The van der Waals surface area contributed by atoms with E-state index in [-0.39, 0.29) is 11.5 Å². The monoisotopic (exact) mass is 457 g/mol. The van der Waals surface area contributed by atoms with E-state index in [9.17, 15) is 14.4 Å². The number of halogens is 1. The largest absolute Gasteiger partial charge is 0.493 e. The van der Waals surface area contributed by atoms with Crippen LogP contribution in [0.4, 0.5) is 4.79 Å². The number of esters is 1. The Kier molecular flexibility index (Phi) is 7.32. The molecule has 0 aliphatic carbocycles. The molecule has 1 atom stereocenters. The van der Waals surface area contributed by atoms with Crippen LogP contribution in [0.3, 0.4) is 0 Å². The van der Waals surface area contributed by atoms with Crippen molar-refractivity contribution in [2.75, 3.05) is 20.3 Å². The number of hydrogen-bond donors (Lipinski definition) is 0. The Morgan fingerprint density at radius 2 is 2.00 bits per heavy atom. The number of methoxy groups -OCH3 is 1. The van der Waals surface area contributed by atoms with Gasteiger partial charge in [-0.05, 0) is 72.2 Å². The molecule has 1 aromatic carbocycles. The summed E-state index contributed by atoms with van der Waals surface area (Å²) >= 11 is 4.20. The number of rotatable bonds is 7. The first-order valence-corrected chi connectivity index (χ1v) is 9.88. The Bertz CT molecular complexity index is 794. The van der Waals surface area contributed by atoms with Crippen molar-refractivity contribution in [3.05, 3.63) is 27.1 Å². The summed E-state index contributed by atoms with van der Waals surface area (Å²) in [4.78, 5) is 37.9. The van der Waals surface area contributed by atoms with Crippen LogP contribution in [0.25, 0.3) is 6.08 Å². The lowest BCUT2D eigenvalue weighted by molar-refractivity contribution is -0.150. The van der Waals surface area contributed by atoms with Crippen molar-refractivity contribution < 1.29 is 28.6 Å². The number of carbonyl (C=O) groups excluding carboxylic acids is 3. The van der Waals surface area contributed by atoms with Gasteiger partial charge in [-0.25, -0.2) is 4.79 Å². The predicted molar refractivity (Wildman–Crippen MR) is 106 cm³/mol. The third kappa shape index (κ3) is 4.65. The molecule has 1 fully saturated rings. The molecule has 0 bridgehead atoms. The molecule has 1 aliphatic heterocycles. The summed E-state index contributed by atoms with van der Waals surface area (Å²) in [7, 11) is 1.52. The highest BCUT2D eigenvalue weighted by Crippen LogP contribution is 2.39. The van der Waals surface area contributed by atoms with Gasteiger partial charge in [0.25, 0.3) is 11.1 Å². The van der Waals surface area contributed by atoms with E-state index in [1.807, 2.05) is 6.92 Å². The molecule has 0 saturated carbocycles. The van der Waals surface area contributed by atoms with Gasteiger partial charge in [0.05, 0.1) is 29.7 Å². The zero-order valence-electron chi connectivity index (χ0n) is 15.4. The normalized spacial score (nSPS) is 16.6. The van der Waals surface area contributed by atoms with Crippen molar-refractivity contribution in [1.82, 2.24) is 4.90 Å². The van der Waals surface area contributed by atoms with Crippen molar-refractivity contribution >= 4 is 50.9 Å². The lowest BCUT2D eigenvalue weighted by Crippen LogP contribution is -2.42. The van der Waals surface area contributed by atoms with Crippen LogP contribution in [0, 0.1) is 0 Å². The first kappa shape index (κ1) is 21.3. The molecule has 2 amide bonds. The molecule has 2 rings (SSSR count). The summed E-state index contributed by atoms with van der Waals surface area (Å²) in [6.07, 6.45) is 1.58. The first-order valence-electron chi connectivity index (χ1n) is 8.28. The maximum atomic E-state index is 12.6. The van der Waals surface area contributed by atoms with Gasteiger partial charge >= 0.3 is 5.97 Å². The van der Waals surface area contributed by atoms with Gasteiger partial charge in [-0.1, -0.05) is 0 Å². The SMILES string of the molecule is CCOC(=O)[C@@H](C)N1C(=O)S/C(=C\c2cc(Br)c(OCC)c(OC)c2)C1=O.